The van der Waals surface area contributed by atoms with Gasteiger partial charge in [-0.15, -0.1) is 0 Å². The van der Waals surface area contributed by atoms with Crippen LogP contribution in [0.4, 0.5) is 4.39 Å². The fourth-order valence-corrected chi connectivity index (χ4v) is 3.13. The van der Waals surface area contributed by atoms with Gasteiger partial charge in [-0.1, -0.05) is 30.3 Å². The predicted octanol–water partition coefficient (Wildman–Crippen LogP) is 3.16. The van der Waals surface area contributed by atoms with E-state index in [4.69, 9.17) is 4.74 Å². The molecule has 0 aromatic heterocycles. The maximum atomic E-state index is 12.9. The van der Waals surface area contributed by atoms with Crippen LogP contribution in [0.5, 0.6) is 5.75 Å². The van der Waals surface area contributed by atoms with Gasteiger partial charge in [0.15, 0.2) is 0 Å². The zero-order valence-electron chi connectivity index (χ0n) is 14.2. The monoisotopic (exact) mass is 342 g/mol. The summed E-state index contributed by atoms with van der Waals surface area (Å²) in [6.07, 6.45) is 1.32. The van der Waals surface area contributed by atoms with E-state index in [9.17, 15) is 9.18 Å². The molecular weight excluding hydrogens is 319 g/mol. The summed E-state index contributed by atoms with van der Waals surface area (Å²) in [7, 11) is 0. The highest BCUT2D eigenvalue weighted by molar-refractivity contribution is 5.77. The molecule has 25 heavy (non-hydrogen) atoms. The summed E-state index contributed by atoms with van der Waals surface area (Å²) in [5.41, 5.74) is 1.17. The molecule has 0 bridgehead atoms. The molecular formula is C20H23FN2O2. The van der Waals surface area contributed by atoms with Crippen LogP contribution in [0.1, 0.15) is 24.4 Å². The van der Waals surface area contributed by atoms with Gasteiger partial charge in [-0.05, 0) is 36.2 Å². The average Bonchev–Trinajstić information content (AvgIpc) is 2.82. The maximum Gasteiger partial charge on any atom is 0.221 e. The van der Waals surface area contributed by atoms with Gasteiger partial charge in [0.25, 0.3) is 0 Å². The lowest BCUT2D eigenvalue weighted by Crippen LogP contribution is -2.32. The third kappa shape index (κ3) is 5.03. The van der Waals surface area contributed by atoms with Crippen LogP contribution in [0, 0.1) is 5.82 Å². The molecule has 0 radical (unpaired) electrons. The van der Waals surface area contributed by atoms with E-state index in [1.807, 2.05) is 18.2 Å². The van der Waals surface area contributed by atoms with Gasteiger partial charge >= 0.3 is 0 Å². The van der Waals surface area contributed by atoms with Crippen LogP contribution in [0.25, 0.3) is 0 Å². The molecule has 1 N–H and O–H groups in total. The standard InChI is InChI=1S/C20H23FN2O2/c21-17-7-9-18(10-8-17)25-14-4-12-23-13-11-22-20(24)15-19(23)16-5-2-1-3-6-16/h1-3,5-10,19H,4,11-15H2,(H,22,24)/t19-/m0/s1. The fourth-order valence-electron chi connectivity index (χ4n) is 3.13. The number of nitrogens with zero attached hydrogens (tertiary/aromatic N) is 1. The second-order valence-corrected chi connectivity index (χ2v) is 6.17. The third-order valence-corrected chi connectivity index (χ3v) is 4.40. The molecule has 2 aromatic rings. The Morgan fingerprint density at radius 3 is 2.64 bits per heavy atom. The van der Waals surface area contributed by atoms with Crippen molar-refractivity contribution in [2.45, 2.75) is 18.9 Å². The van der Waals surface area contributed by atoms with E-state index >= 15 is 0 Å². The highest BCUT2D eigenvalue weighted by Gasteiger charge is 2.25. The molecule has 1 atom stereocenters. The minimum absolute atomic E-state index is 0.0921. The van der Waals surface area contributed by atoms with Crippen molar-refractivity contribution in [3.63, 3.8) is 0 Å². The number of amides is 1. The lowest BCUT2D eigenvalue weighted by Gasteiger charge is -2.29. The first-order chi connectivity index (χ1) is 12.2. The van der Waals surface area contributed by atoms with Gasteiger partial charge in [-0.3, -0.25) is 9.69 Å². The van der Waals surface area contributed by atoms with Gasteiger partial charge in [0.05, 0.1) is 6.61 Å². The number of carbonyl (C=O) groups excluding carboxylic acids is 1. The number of hydrogen-bond donors (Lipinski definition) is 1. The van der Waals surface area contributed by atoms with E-state index < -0.39 is 0 Å². The fraction of sp³-hybridized carbons (Fsp3) is 0.350. The predicted molar refractivity (Wildman–Crippen MR) is 94.9 cm³/mol. The topological polar surface area (TPSA) is 41.6 Å². The quantitative estimate of drug-likeness (QED) is 0.820. The van der Waals surface area contributed by atoms with E-state index in [1.165, 1.54) is 17.7 Å². The van der Waals surface area contributed by atoms with Crippen LogP contribution in [0.2, 0.25) is 0 Å². The Morgan fingerprint density at radius 2 is 1.88 bits per heavy atom. The third-order valence-electron chi connectivity index (χ3n) is 4.40. The Kier molecular flexibility index (Phi) is 6.01. The Labute approximate surface area is 147 Å². The molecule has 4 nitrogen and oxygen atoms in total. The average molecular weight is 342 g/mol. The van der Waals surface area contributed by atoms with E-state index in [0.29, 0.717) is 25.3 Å². The summed E-state index contributed by atoms with van der Waals surface area (Å²) in [5.74, 6) is 0.507. The first-order valence-electron chi connectivity index (χ1n) is 8.66. The summed E-state index contributed by atoms with van der Waals surface area (Å²) in [4.78, 5) is 14.3. The molecule has 2 aromatic carbocycles. The van der Waals surface area contributed by atoms with Gasteiger partial charge in [0.2, 0.25) is 5.91 Å². The minimum atomic E-state index is -0.264. The van der Waals surface area contributed by atoms with Crippen molar-refractivity contribution in [3.8, 4) is 5.75 Å². The highest BCUT2D eigenvalue weighted by atomic mass is 19.1. The number of carbonyl (C=O) groups is 1. The second kappa shape index (κ2) is 8.62. The molecule has 1 heterocycles. The summed E-state index contributed by atoms with van der Waals surface area (Å²) in [6, 6.07) is 16.3. The molecule has 1 aliphatic heterocycles. The number of ether oxygens (including phenoxy) is 1. The summed E-state index contributed by atoms with van der Waals surface area (Å²) in [5, 5.41) is 2.95. The summed E-state index contributed by atoms with van der Waals surface area (Å²) in [6.45, 7) is 2.89. The Morgan fingerprint density at radius 1 is 1.12 bits per heavy atom. The van der Waals surface area contributed by atoms with Crippen molar-refractivity contribution < 1.29 is 13.9 Å². The zero-order chi connectivity index (χ0) is 17.5. The van der Waals surface area contributed by atoms with Crippen molar-refractivity contribution >= 4 is 5.91 Å². The van der Waals surface area contributed by atoms with Crippen molar-refractivity contribution in [2.24, 2.45) is 0 Å². The van der Waals surface area contributed by atoms with E-state index in [1.54, 1.807) is 12.1 Å². The molecule has 3 rings (SSSR count). The largest absolute Gasteiger partial charge is 0.494 e. The number of nitrogens with one attached hydrogen (secondary N) is 1. The van der Waals surface area contributed by atoms with Gasteiger partial charge < -0.3 is 10.1 Å². The van der Waals surface area contributed by atoms with Crippen LogP contribution < -0.4 is 10.1 Å². The van der Waals surface area contributed by atoms with E-state index in [2.05, 4.69) is 22.3 Å². The number of halogens is 1. The molecule has 1 aliphatic rings. The molecule has 0 spiro atoms. The van der Waals surface area contributed by atoms with Gasteiger partial charge in [0, 0.05) is 32.1 Å². The van der Waals surface area contributed by atoms with Crippen LogP contribution in [0.3, 0.4) is 0 Å². The molecule has 1 saturated heterocycles. The molecule has 132 valence electrons. The van der Waals surface area contributed by atoms with Crippen molar-refractivity contribution in [3.05, 3.63) is 66.0 Å². The van der Waals surface area contributed by atoms with E-state index in [-0.39, 0.29) is 17.8 Å². The summed E-state index contributed by atoms with van der Waals surface area (Å²) < 4.78 is 18.6. The first kappa shape index (κ1) is 17.4. The molecule has 0 aliphatic carbocycles. The van der Waals surface area contributed by atoms with E-state index in [0.717, 1.165) is 19.5 Å². The summed E-state index contributed by atoms with van der Waals surface area (Å²) >= 11 is 0. The maximum absolute atomic E-state index is 12.9. The Bertz CT molecular complexity index is 676. The first-order valence-corrected chi connectivity index (χ1v) is 8.66. The van der Waals surface area contributed by atoms with Gasteiger partial charge in [-0.2, -0.15) is 0 Å². The van der Waals surface area contributed by atoms with Crippen LogP contribution >= 0.6 is 0 Å². The normalized spacial score (nSPS) is 18.4. The lowest BCUT2D eigenvalue weighted by atomic mass is 10.0. The Hall–Kier alpha value is -2.40. The Balaban J connectivity index is 1.56. The SMILES string of the molecule is O=C1C[C@@H](c2ccccc2)N(CCCOc2ccc(F)cc2)CCN1. The second-order valence-electron chi connectivity index (χ2n) is 6.17. The van der Waals surface area contributed by atoms with Crippen molar-refractivity contribution in [2.75, 3.05) is 26.2 Å². The van der Waals surface area contributed by atoms with Gasteiger partial charge in [-0.25, -0.2) is 4.39 Å². The smallest absolute Gasteiger partial charge is 0.221 e. The number of rotatable bonds is 6. The van der Waals surface area contributed by atoms with Crippen LogP contribution in [0.15, 0.2) is 54.6 Å². The molecule has 1 amide bonds. The lowest BCUT2D eigenvalue weighted by molar-refractivity contribution is -0.121. The number of benzene rings is 2. The molecule has 1 fully saturated rings. The van der Waals surface area contributed by atoms with Gasteiger partial charge in [0.1, 0.15) is 11.6 Å². The zero-order valence-corrected chi connectivity index (χ0v) is 14.2. The van der Waals surface area contributed by atoms with Crippen molar-refractivity contribution in [1.29, 1.82) is 0 Å². The minimum Gasteiger partial charge on any atom is -0.494 e. The van der Waals surface area contributed by atoms with Crippen molar-refractivity contribution in [1.82, 2.24) is 10.2 Å². The van der Waals surface area contributed by atoms with Crippen LogP contribution in [-0.4, -0.2) is 37.0 Å². The molecule has 5 heteroatoms. The molecule has 0 saturated carbocycles. The molecule has 0 unspecified atom stereocenters. The number of hydrogen-bond acceptors (Lipinski definition) is 3. The van der Waals surface area contributed by atoms with Crippen LogP contribution in [-0.2, 0) is 4.79 Å². The highest BCUT2D eigenvalue weighted by Crippen LogP contribution is 2.25.